The van der Waals surface area contributed by atoms with E-state index in [9.17, 15) is 18.7 Å². The zero-order valence-corrected chi connectivity index (χ0v) is 12.8. The second-order valence-electron chi connectivity index (χ2n) is 5.29. The van der Waals surface area contributed by atoms with Crippen LogP contribution in [0.25, 0.3) is 10.9 Å². The van der Waals surface area contributed by atoms with Crippen LogP contribution in [0.5, 0.6) is 5.75 Å². The Morgan fingerprint density at radius 1 is 1.22 bits per heavy atom. The van der Waals surface area contributed by atoms with Gasteiger partial charge in [0.15, 0.2) is 0 Å². The van der Waals surface area contributed by atoms with Crippen LogP contribution in [0.4, 0.5) is 8.78 Å². The van der Waals surface area contributed by atoms with Gasteiger partial charge < -0.3 is 10.1 Å². The minimum absolute atomic E-state index is 0.0403. The van der Waals surface area contributed by atoms with Gasteiger partial charge in [-0.05, 0) is 42.3 Å². The SMILES string of the molecule is Cc1c(Cc2ccc(F)cc2Cl)c(=O)[nH]c2c(F)ccc(O)c12. The number of phenols is 1. The molecule has 0 aliphatic carbocycles. The number of rotatable bonds is 2. The van der Waals surface area contributed by atoms with Gasteiger partial charge in [-0.3, -0.25) is 4.79 Å². The van der Waals surface area contributed by atoms with Gasteiger partial charge in [-0.25, -0.2) is 8.78 Å². The first-order chi connectivity index (χ1) is 10.9. The highest BCUT2D eigenvalue weighted by atomic mass is 35.5. The number of pyridine rings is 1. The Kier molecular flexibility index (Phi) is 3.82. The van der Waals surface area contributed by atoms with Crippen molar-refractivity contribution in [2.75, 3.05) is 0 Å². The average molecular weight is 336 g/mol. The van der Waals surface area contributed by atoms with Crippen molar-refractivity contribution < 1.29 is 13.9 Å². The van der Waals surface area contributed by atoms with Crippen LogP contribution in [0, 0.1) is 18.6 Å². The molecule has 0 spiro atoms. The lowest BCUT2D eigenvalue weighted by atomic mass is 9.98. The third kappa shape index (κ3) is 2.68. The molecule has 1 aromatic heterocycles. The predicted octanol–water partition coefficient (Wildman–Crippen LogP) is 4.06. The Morgan fingerprint density at radius 2 is 1.96 bits per heavy atom. The van der Waals surface area contributed by atoms with E-state index in [1.54, 1.807) is 6.92 Å². The van der Waals surface area contributed by atoms with Crippen LogP contribution in [0.15, 0.2) is 35.1 Å². The maximum absolute atomic E-state index is 13.8. The first-order valence-electron chi connectivity index (χ1n) is 6.85. The quantitative estimate of drug-likeness (QED) is 0.742. The predicted molar refractivity (Wildman–Crippen MR) is 85.1 cm³/mol. The monoisotopic (exact) mass is 335 g/mol. The van der Waals surface area contributed by atoms with Crippen molar-refractivity contribution in [3.63, 3.8) is 0 Å². The number of aromatic amines is 1. The fourth-order valence-electron chi connectivity index (χ4n) is 2.65. The second kappa shape index (κ2) is 5.66. The van der Waals surface area contributed by atoms with Gasteiger partial charge in [0.25, 0.3) is 5.56 Å². The number of hydrogen-bond donors (Lipinski definition) is 2. The van der Waals surface area contributed by atoms with Gasteiger partial charge in [-0.1, -0.05) is 17.7 Å². The van der Waals surface area contributed by atoms with Crippen molar-refractivity contribution in [2.45, 2.75) is 13.3 Å². The molecule has 1 heterocycles. The van der Waals surface area contributed by atoms with Gasteiger partial charge in [0.2, 0.25) is 0 Å². The minimum Gasteiger partial charge on any atom is -0.507 e. The van der Waals surface area contributed by atoms with Crippen LogP contribution in [-0.2, 0) is 6.42 Å². The summed E-state index contributed by atoms with van der Waals surface area (Å²) in [6, 6.07) is 6.23. The van der Waals surface area contributed by atoms with Crippen molar-refractivity contribution in [1.82, 2.24) is 4.98 Å². The summed E-state index contributed by atoms with van der Waals surface area (Å²) in [6.45, 7) is 1.63. The van der Waals surface area contributed by atoms with E-state index >= 15 is 0 Å². The molecule has 6 heteroatoms. The normalized spacial score (nSPS) is 11.1. The summed E-state index contributed by atoms with van der Waals surface area (Å²) in [6.07, 6.45) is 0.145. The molecule has 0 fully saturated rings. The van der Waals surface area contributed by atoms with Crippen LogP contribution in [0.2, 0.25) is 5.02 Å². The highest BCUT2D eigenvalue weighted by Gasteiger charge is 2.16. The van der Waals surface area contributed by atoms with E-state index in [1.165, 1.54) is 24.3 Å². The van der Waals surface area contributed by atoms with Gasteiger partial charge in [0.1, 0.15) is 17.4 Å². The zero-order valence-electron chi connectivity index (χ0n) is 12.1. The van der Waals surface area contributed by atoms with Crippen LogP contribution < -0.4 is 5.56 Å². The van der Waals surface area contributed by atoms with Crippen molar-refractivity contribution in [3.8, 4) is 5.75 Å². The van der Waals surface area contributed by atoms with Gasteiger partial charge in [0.05, 0.1) is 5.52 Å². The van der Waals surface area contributed by atoms with Gasteiger partial charge >= 0.3 is 0 Å². The van der Waals surface area contributed by atoms with Crippen LogP contribution >= 0.6 is 11.6 Å². The largest absolute Gasteiger partial charge is 0.507 e. The minimum atomic E-state index is -0.621. The summed E-state index contributed by atoms with van der Waals surface area (Å²) in [5, 5.41) is 10.4. The molecule has 0 radical (unpaired) electrons. The maximum Gasteiger partial charge on any atom is 0.252 e. The Bertz CT molecular complexity index is 982. The fourth-order valence-corrected chi connectivity index (χ4v) is 2.88. The fraction of sp³-hybridized carbons (Fsp3) is 0.118. The molecule has 0 amide bonds. The van der Waals surface area contributed by atoms with Crippen molar-refractivity contribution in [1.29, 1.82) is 0 Å². The van der Waals surface area contributed by atoms with E-state index in [0.717, 1.165) is 6.07 Å². The van der Waals surface area contributed by atoms with Crippen molar-refractivity contribution in [2.24, 2.45) is 0 Å². The second-order valence-corrected chi connectivity index (χ2v) is 5.69. The summed E-state index contributed by atoms with van der Waals surface area (Å²) < 4.78 is 27.0. The molecule has 2 N–H and O–H groups in total. The number of aromatic hydroxyl groups is 1. The maximum atomic E-state index is 13.8. The van der Waals surface area contributed by atoms with Crippen molar-refractivity contribution >= 4 is 22.5 Å². The number of nitrogens with one attached hydrogen (secondary N) is 1. The van der Waals surface area contributed by atoms with E-state index < -0.39 is 17.2 Å². The highest BCUT2D eigenvalue weighted by molar-refractivity contribution is 6.31. The molecule has 0 saturated carbocycles. The molecule has 0 aliphatic rings. The highest BCUT2D eigenvalue weighted by Crippen LogP contribution is 2.30. The molecule has 3 rings (SSSR count). The Hall–Kier alpha value is -2.40. The molecule has 23 heavy (non-hydrogen) atoms. The third-order valence-electron chi connectivity index (χ3n) is 3.86. The lowest BCUT2D eigenvalue weighted by Crippen LogP contribution is -2.16. The van der Waals surface area contributed by atoms with E-state index in [2.05, 4.69) is 4.98 Å². The first kappa shape index (κ1) is 15.5. The number of aryl methyl sites for hydroxylation is 1. The molecular formula is C17H12ClF2NO2. The Morgan fingerprint density at radius 3 is 2.65 bits per heavy atom. The Balaban J connectivity index is 2.22. The molecular weight excluding hydrogens is 324 g/mol. The molecule has 2 aromatic carbocycles. The van der Waals surface area contributed by atoms with Crippen molar-refractivity contribution in [3.05, 3.63) is 74.0 Å². The molecule has 3 nitrogen and oxygen atoms in total. The number of H-pyrrole nitrogens is 1. The third-order valence-corrected chi connectivity index (χ3v) is 4.21. The number of halogens is 3. The van der Waals surface area contributed by atoms with E-state index in [0.29, 0.717) is 16.7 Å². The summed E-state index contributed by atoms with van der Waals surface area (Å²) in [7, 11) is 0. The summed E-state index contributed by atoms with van der Waals surface area (Å²) in [5.41, 5.74) is 0.853. The molecule has 3 aromatic rings. The Labute approximate surface area is 135 Å². The summed E-state index contributed by atoms with van der Waals surface area (Å²) in [5.74, 6) is -1.21. The summed E-state index contributed by atoms with van der Waals surface area (Å²) >= 11 is 6.00. The number of phenolic OH excluding ortho intramolecular Hbond substituents is 1. The topological polar surface area (TPSA) is 53.1 Å². The van der Waals surface area contributed by atoms with E-state index in [-0.39, 0.29) is 28.1 Å². The number of benzene rings is 2. The van der Waals surface area contributed by atoms with Gasteiger partial charge in [-0.15, -0.1) is 0 Å². The van der Waals surface area contributed by atoms with Gasteiger partial charge in [-0.2, -0.15) is 0 Å². The number of fused-ring (bicyclic) bond motifs is 1. The molecule has 118 valence electrons. The van der Waals surface area contributed by atoms with Crippen LogP contribution in [-0.4, -0.2) is 10.1 Å². The standard InChI is InChI=1S/C17H12ClF2NO2/c1-8-11(6-9-2-3-10(19)7-12(9)18)17(23)21-16-13(20)4-5-14(22)15(8)16/h2-5,7,22H,6H2,1H3,(H,21,23). The number of hydrogen-bond acceptors (Lipinski definition) is 2. The van der Waals surface area contributed by atoms with Crippen LogP contribution in [0.1, 0.15) is 16.7 Å². The van der Waals surface area contributed by atoms with E-state index in [4.69, 9.17) is 11.6 Å². The number of aromatic nitrogens is 1. The zero-order chi connectivity index (χ0) is 16.7. The smallest absolute Gasteiger partial charge is 0.252 e. The molecule has 0 unspecified atom stereocenters. The first-order valence-corrected chi connectivity index (χ1v) is 7.23. The molecule has 0 aliphatic heterocycles. The molecule has 0 saturated heterocycles. The molecule has 0 atom stereocenters. The average Bonchev–Trinajstić information content (AvgIpc) is 2.49. The lowest BCUT2D eigenvalue weighted by Gasteiger charge is -2.11. The van der Waals surface area contributed by atoms with Crippen LogP contribution in [0.3, 0.4) is 0 Å². The van der Waals surface area contributed by atoms with Gasteiger partial charge in [0, 0.05) is 22.4 Å². The lowest BCUT2D eigenvalue weighted by molar-refractivity contribution is 0.479. The van der Waals surface area contributed by atoms with E-state index in [1.807, 2.05) is 0 Å². The molecule has 0 bridgehead atoms. The summed E-state index contributed by atoms with van der Waals surface area (Å²) in [4.78, 5) is 14.7.